The number of pyridine rings is 1. The SMILES string of the molecule is COc1cccc(-c2nc3cc(C)ccn3c2CCC(=O)O)c1. The van der Waals surface area contributed by atoms with E-state index in [1.165, 1.54) is 0 Å². The minimum atomic E-state index is -0.816. The fourth-order valence-electron chi connectivity index (χ4n) is 2.66. The van der Waals surface area contributed by atoms with Crippen molar-refractivity contribution in [3.8, 4) is 17.0 Å². The Balaban J connectivity index is 2.16. The van der Waals surface area contributed by atoms with Crippen molar-refractivity contribution >= 4 is 11.6 Å². The molecule has 0 saturated carbocycles. The Labute approximate surface area is 134 Å². The van der Waals surface area contributed by atoms with E-state index in [0.717, 1.165) is 33.9 Å². The van der Waals surface area contributed by atoms with Gasteiger partial charge in [-0.05, 0) is 36.8 Å². The normalized spacial score (nSPS) is 10.9. The van der Waals surface area contributed by atoms with Gasteiger partial charge in [0.2, 0.25) is 0 Å². The molecule has 0 radical (unpaired) electrons. The average Bonchev–Trinajstić information content (AvgIpc) is 2.90. The first kappa shape index (κ1) is 15.1. The zero-order valence-electron chi connectivity index (χ0n) is 13.1. The number of aryl methyl sites for hydroxylation is 2. The van der Waals surface area contributed by atoms with Crippen molar-refractivity contribution in [2.75, 3.05) is 7.11 Å². The van der Waals surface area contributed by atoms with Crippen molar-refractivity contribution in [2.24, 2.45) is 0 Å². The second kappa shape index (κ2) is 6.12. The van der Waals surface area contributed by atoms with Gasteiger partial charge < -0.3 is 14.2 Å². The molecule has 5 heteroatoms. The van der Waals surface area contributed by atoms with Gasteiger partial charge in [-0.15, -0.1) is 0 Å². The maximum absolute atomic E-state index is 11.0. The second-order valence-corrected chi connectivity index (χ2v) is 5.47. The lowest BCUT2D eigenvalue weighted by molar-refractivity contribution is -0.136. The van der Waals surface area contributed by atoms with Gasteiger partial charge >= 0.3 is 5.97 Å². The lowest BCUT2D eigenvalue weighted by atomic mass is 10.1. The van der Waals surface area contributed by atoms with Crippen LogP contribution in [0.3, 0.4) is 0 Å². The highest BCUT2D eigenvalue weighted by Gasteiger charge is 2.15. The third-order valence-electron chi connectivity index (χ3n) is 3.80. The average molecular weight is 310 g/mol. The molecule has 3 rings (SSSR count). The van der Waals surface area contributed by atoms with E-state index in [1.54, 1.807) is 7.11 Å². The first-order valence-corrected chi connectivity index (χ1v) is 7.42. The number of hydrogen-bond acceptors (Lipinski definition) is 3. The Bertz CT molecular complexity index is 868. The van der Waals surface area contributed by atoms with Gasteiger partial charge in [0.05, 0.1) is 24.9 Å². The van der Waals surface area contributed by atoms with E-state index in [0.29, 0.717) is 6.42 Å². The molecule has 5 nitrogen and oxygen atoms in total. The van der Waals surface area contributed by atoms with E-state index < -0.39 is 5.97 Å². The third kappa shape index (κ3) is 3.04. The molecular weight excluding hydrogens is 292 g/mol. The molecule has 2 aromatic heterocycles. The Kier molecular flexibility index (Phi) is 4.02. The number of aliphatic carboxylic acids is 1. The summed E-state index contributed by atoms with van der Waals surface area (Å²) in [4.78, 5) is 15.7. The van der Waals surface area contributed by atoms with Crippen LogP contribution in [0.5, 0.6) is 5.75 Å². The third-order valence-corrected chi connectivity index (χ3v) is 3.80. The topological polar surface area (TPSA) is 63.8 Å². The lowest BCUT2D eigenvalue weighted by Crippen LogP contribution is -2.01. The van der Waals surface area contributed by atoms with Gasteiger partial charge in [0.25, 0.3) is 0 Å². The number of rotatable bonds is 5. The summed E-state index contributed by atoms with van der Waals surface area (Å²) >= 11 is 0. The predicted molar refractivity (Wildman–Crippen MR) is 87.9 cm³/mol. The number of aromatic nitrogens is 2. The van der Waals surface area contributed by atoms with Crippen LogP contribution in [0.25, 0.3) is 16.9 Å². The standard InChI is InChI=1S/C18H18N2O3/c1-12-8-9-20-15(6-7-17(21)22)18(19-16(20)10-12)13-4-3-5-14(11-13)23-2/h3-5,8-11H,6-7H2,1-2H3,(H,21,22). The summed E-state index contributed by atoms with van der Waals surface area (Å²) in [6, 6.07) is 11.6. The largest absolute Gasteiger partial charge is 0.497 e. The predicted octanol–water partition coefficient (Wildman–Crippen LogP) is 3.34. The van der Waals surface area contributed by atoms with Gasteiger partial charge in [-0.1, -0.05) is 12.1 Å². The molecule has 1 aromatic carbocycles. The van der Waals surface area contributed by atoms with E-state index >= 15 is 0 Å². The van der Waals surface area contributed by atoms with Crippen LogP contribution >= 0.6 is 0 Å². The van der Waals surface area contributed by atoms with Crippen LogP contribution in [-0.4, -0.2) is 27.6 Å². The smallest absolute Gasteiger partial charge is 0.303 e. The van der Waals surface area contributed by atoms with Crippen molar-refractivity contribution in [3.63, 3.8) is 0 Å². The summed E-state index contributed by atoms with van der Waals surface area (Å²) in [6.45, 7) is 2.01. The quantitative estimate of drug-likeness (QED) is 0.785. The number of nitrogens with zero attached hydrogens (tertiary/aromatic N) is 2. The molecule has 0 spiro atoms. The number of carboxylic acid groups (broad SMARTS) is 1. The molecule has 0 unspecified atom stereocenters. The Morgan fingerprint density at radius 3 is 2.87 bits per heavy atom. The van der Waals surface area contributed by atoms with Gasteiger partial charge in [-0.25, -0.2) is 4.98 Å². The van der Waals surface area contributed by atoms with Crippen LogP contribution in [-0.2, 0) is 11.2 Å². The minimum absolute atomic E-state index is 0.0681. The van der Waals surface area contributed by atoms with Crippen LogP contribution in [0.2, 0.25) is 0 Å². The van der Waals surface area contributed by atoms with E-state index in [1.807, 2.05) is 53.9 Å². The van der Waals surface area contributed by atoms with Crippen molar-refractivity contribution in [1.29, 1.82) is 0 Å². The number of carbonyl (C=O) groups is 1. The molecule has 1 N–H and O–H groups in total. The van der Waals surface area contributed by atoms with E-state index in [9.17, 15) is 4.79 Å². The lowest BCUT2D eigenvalue weighted by Gasteiger charge is -2.06. The van der Waals surface area contributed by atoms with Gasteiger partial charge in [-0.3, -0.25) is 4.79 Å². The van der Waals surface area contributed by atoms with E-state index in [4.69, 9.17) is 14.8 Å². The summed E-state index contributed by atoms with van der Waals surface area (Å²) in [5.74, 6) is -0.0661. The molecule has 0 aliphatic heterocycles. The molecular formula is C18H18N2O3. The van der Waals surface area contributed by atoms with Crippen molar-refractivity contribution in [2.45, 2.75) is 19.8 Å². The van der Waals surface area contributed by atoms with Crippen LogP contribution in [0, 0.1) is 6.92 Å². The van der Waals surface area contributed by atoms with Gasteiger partial charge in [-0.2, -0.15) is 0 Å². The fourth-order valence-corrected chi connectivity index (χ4v) is 2.66. The molecule has 23 heavy (non-hydrogen) atoms. The zero-order chi connectivity index (χ0) is 16.4. The molecule has 2 heterocycles. The van der Waals surface area contributed by atoms with Crippen molar-refractivity contribution in [3.05, 3.63) is 53.9 Å². The second-order valence-electron chi connectivity index (χ2n) is 5.47. The number of carboxylic acids is 1. The maximum atomic E-state index is 11.0. The zero-order valence-corrected chi connectivity index (χ0v) is 13.1. The maximum Gasteiger partial charge on any atom is 0.303 e. The van der Waals surface area contributed by atoms with Gasteiger partial charge in [0.1, 0.15) is 11.4 Å². The summed E-state index contributed by atoms with van der Waals surface area (Å²) in [5, 5.41) is 9.02. The molecule has 3 aromatic rings. The Morgan fingerprint density at radius 2 is 2.13 bits per heavy atom. The molecule has 0 aliphatic carbocycles. The summed E-state index contributed by atoms with van der Waals surface area (Å²) in [6.07, 6.45) is 2.43. The first-order chi connectivity index (χ1) is 11.1. The van der Waals surface area contributed by atoms with Crippen LogP contribution in [0.4, 0.5) is 0 Å². The van der Waals surface area contributed by atoms with Gasteiger partial charge in [0, 0.05) is 18.2 Å². The molecule has 0 amide bonds. The number of methoxy groups -OCH3 is 1. The van der Waals surface area contributed by atoms with Crippen LogP contribution < -0.4 is 4.74 Å². The van der Waals surface area contributed by atoms with Gasteiger partial charge in [0.15, 0.2) is 0 Å². The minimum Gasteiger partial charge on any atom is -0.497 e. The highest BCUT2D eigenvalue weighted by molar-refractivity contribution is 5.71. The highest BCUT2D eigenvalue weighted by Crippen LogP contribution is 2.28. The summed E-state index contributed by atoms with van der Waals surface area (Å²) in [5.41, 5.74) is 4.56. The number of ether oxygens (including phenoxy) is 1. The number of benzene rings is 1. The van der Waals surface area contributed by atoms with Crippen molar-refractivity contribution < 1.29 is 14.6 Å². The summed E-state index contributed by atoms with van der Waals surface area (Å²) < 4.78 is 7.24. The molecule has 0 saturated heterocycles. The fraction of sp³-hybridized carbons (Fsp3) is 0.222. The molecule has 0 atom stereocenters. The highest BCUT2D eigenvalue weighted by atomic mass is 16.5. The van der Waals surface area contributed by atoms with E-state index in [2.05, 4.69) is 0 Å². The molecule has 118 valence electrons. The molecule has 0 aliphatic rings. The molecule has 0 fully saturated rings. The monoisotopic (exact) mass is 310 g/mol. The van der Waals surface area contributed by atoms with Crippen LogP contribution in [0.15, 0.2) is 42.6 Å². The van der Waals surface area contributed by atoms with E-state index in [-0.39, 0.29) is 6.42 Å². The Morgan fingerprint density at radius 1 is 1.30 bits per heavy atom. The first-order valence-electron chi connectivity index (χ1n) is 7.42. The van der Waals surface area contributed by atoms with Crippen molar-refractivity contribution in [1.82, 2.24) is 9.38 Å². The van der Waals surface area contributed by atoms with Crippen LogP contribution in [0.1, 0.15) is 17.7 Å². The Hall–Kier alpha value is -2.82. The number of imidazole rings is 1. The number of hydrogen-bond donors (Lipinski definition) is 1. The number of fused-ring (bicyclic) bond motifs is 1. The molecule has 0 bridgehead atoms. The summed E-state index contributed by atoms with van der Waals surface area (Å²) in [7, 11) is 1.62.